The van der Waals surface area contributed by atoms with E-state index < -0.39 is 0 Å². The summed E-state index contributed by atoms with van der Waals surface area (Å²) in [6.07, 6.45) is 1.44. The zero-order valence-corrected chi connectivity index (χ0v) is 24.7. The Bertz CT molecular complexity index is 1790. The Morgan fingerprint density at radius 1 is 0.455 bits per heavy atom. The van der Waals surface area contributed by atoms with Gasteiger partial charge in [0.25, 0.3) is 11.8 Å². The van der Waals surface area contributed by atoms with Crippen molar-refractivity contribution in [2.75, 3.05) is 39.5 Å². The highest BCUT2D eigenvalue weighted by molar-refractivity contribution is 6.11. The minimum absolute atomic E-state index is 0.0738. The van der Waals surface area contributed by atoms with Gasteiger partial charge in [-0.15, -0.1) is 0 Å². The standard InChI is InChI=1S/C38H36N2O4/c41-37(33-15-5-13-31-23-27-9-1-3-11-29(27)25-35(31)33)39-17-7-19-43-21-22-44-20-8-18-40-38(42)34-16-6-14-32-24-28-10-2-4-12-30(28)26-36(32)34/h1-6,9-16,23-26H,7-8,17-22H2,(H,39,41)(H,40,42). The first-order chi connectivity index (χ1) is 21.7. The first-order valence-electron chi connectivity index (χ1n) is 15.2. The Morgan fingerprint density at radius 3 is 1.27 bits per heavy atom. The minimum atomic E-state index is -0.0738. The number of benzene rings is 6. The van der Waals surface area contributed by atoms with Crippen molar-refractivity contribution < 1.29 is 19.1 Å². The third-order valence-corrected chi connectivity index (χ3v) is 7.86. The Labute approximate surface area is 257 Å². The lowest BCUT2D eigenvalue weighted by Crippen LogP contribution is -2.26. The van der Waals surface area contributed by atoms with Crippen LogP contribution in [-0.2, 0) is 9.47 Å². The molecule has 0 aliphatic heterocycles. The van der Waals surface area contributed by atoms with E-state index in [2.05, 4.69) is 59.2 Å². The van der Waals surface area contributed by atoms with Crippen molar-refractivity contribution in [3.63, 3.8) is 0 Å². The summed E-state index contributed by atoms with van der Waals surface area (Å²) in [5, 5.41) is 14.6. The summed E-state index contributed by atoms with van der Waals surface area (Å²) in [6.45, 7) is 3.13. The van der Waals surface area contributed by atoms with Crippen LogP contribution in [0.2, 0.25) is 0 Å². The van der Waals surface area contributed by atoms with Crippen molar-refractivity contribution in [3.8, 4) is 0 Å². The van der Waals surface area contributed by atoms with E-state index in [1.54, 1.807) is 0 Å². The molecule has 0 atom stereocenters. The summed E-state index contributed by atoms with van der Waals surface area (Å²) in [4.78, 5) is 25.8. The lowest BCUT2D eigenvalue weighted by molar-refractivity contribution is 0.0459. The van der Waals surface area contributed by atoms with Crippen molar-refractivity contribution in [1.29, 1.82) is 0 Å². The van der Waals surface area contributed by atoms with Crippen LogP contribution in [0.25, 0.3) is 43.1 Å². The quantitative estimate of drug-likeness (QED) is 0.111. The van der Waals surface area contributed by atoms with E-state index in [0.717, 1.165) is 55.9 Å². The molecule has 0 heterocycles. The summed E-state index contributed by atoms with van der Waals surface area (Å²) in [5.74, 6) is -0.148. The lowest BCUT2D eigenvalue weighted by Gasteiger charge is -2.10. The third-order valence-electron chi connectivity index (χ3n) is 7.86. The van der Waals surface area contributed by atoms with Gasteiger partial charge in [-0.1, -0.05) is 72.8 Å². The Kier molecular flexibility index (Phi) is 9.41. The fourth-order valence-corrected chi connectivity index (χ4v) is 5.59. The molecule has 0 fully saturated rings. The fraction of sp³-hybridized carbons (Fsp3) is 0.211. The van der Waals surface area contributed by atoms with Gasteiger partial charge < -0.3 is 20.1 Å². The molecular weight excluding hydrogens is 548 g/mol. The predicted octanol–water partition coefficient (Wildman–Crippen LogP) is 7.27. The average Bonchev–Trinajstić information content (AvgIpc) is 3.06. The number of carbonyl (C=O) groups is 2. The highest BCUT2D eigenvalue weighted by Gasteiger charge is 2.12. The molecule has 0 saturated carbocycles. The van der Waals surface area contributed by atoms with E-state index in [0.29, 0.717) is 50.6 Å². The van der Waals surface area contributed by atoms with Gasteiger partial charge in [0, 0.05) is 37.4 Å². The topological polar surface area (TPSA) is 76.7 Å². The van der Waals surface area contributed by atoms with E-state index in [1.807, 2.05) is 60.7 Å². The van der Waals surface area contributed by atoms with Gasteiger partial charge in [-0.25, -0.2) is 0 Å². The van der Waals surface area contributed by atoms with Gasteiger partial charge in [-0.05, 0) is 92.3 Å². The number of amides is 2. The van der Waals surface area contributed by atoms with Crippen LogP contribution in [0.1, 0.15) is 33.6 Å². The predicted molar refractivity (Wildman–Crippen MR) is 178 cm³/mol. The van der Waals surface area contributed by atoms with E-state index in [-0.39, 0.29) is 11.8 Å². The maximum absolute atomic E-state index is 12.9. The fourth-order valence-electron chi connectivity index (χ4n) is 5.59. The number of hydrogen-bond donors (Lipinski definition) is 2. The molecule has 44 heavy (non-hydrogen) atoms. The Morgan fingerprint density at radius 2 is 0.841 bits per heavy atom. The maximum Gasteiger partial charge on any atom is 0.251 e. The summed E-state index contributed by atoms with van der Waals surface area (Å²) >= 11 is 0. The molecule has 6 nitrogen and oxygen atoms in total. The van der Waals surface area contributed by atoms with E-state index in [1.165, 1.54) is 0 Å². The summed E-state index contributed by atoms with van der Waals surface area (Å²) in [6, 6.07) is 36.5. The van der Waals surface area contributed by atoms with Gasteiger partial charge in [0.1, 0.15) is 0 Å². The smallest absolute Gasteiger partial charge is 0.251 e. The molecule has 0 bridgehead atoms. The molecule has 6 rings (SSSR count). The maximum atomic E-state index is 12.9. The first-order valence-corrected chi connectivity index (χ1v) is 15.2. The molecule has 2 amide bonds. The van der Waals surface area contributed by atoms with Crippen LogP contribution >= 0.6 is 0 Å². The van der Waals surface area contributed by atoms with Crippen molar-refractivity contribution in [3.05, 3.63) is 120 Å². The molecular formula is C38H36N2O4. The second-order valence-electron chi connectivity index (χ2n) is 10.9. The van der Waals surface area contributed by atoms with Crippen LogP contribution in [0.15, 0.2) is 109 Å². The third kappa shape index (κ3) is 6.88. The molecule has 0 spiro atoms. The molecule has 0 aliphatic rings. The molecule has 222 valence electrons. The molecule has 0 aliphatic carbocycles. The summed E-state index contributed by atoms with van der Waals surface area (Å²) < 4.78 is 11.3. The van der Waals surface area contributed by atoms with Crippen molar-refractivity contribution in [2.45, 2.75) is 12.8 Å². The highest BCUT2D eigenvalue weighted by atomic mass is 16.5. The van der Waals surface area contributed by atoms with E-state index in [4.69, 9.17) is 9.47 Å². The van der Waals surface area contributed by atoms with Gasteiger partial charge in [-0.2, -0.15) is 0 Å². The monoisotopic (exact) mass is 584 g/mol. The number of fused-ring (bicyclic) bond motifs is 4. The number of ether oxygens (including phenoxy) is 2. The number of hydrogen-bond acceptors (Lipinski definition) is 4. The van der Waals surface area contributed by atoms with Crippen LogP contribution in [0.3, 0.4) is 0 Å². The largest absolute Gasteiger partial charge is 0.379 e. The zero-order chi connectivity index (χ0) is 30.1. The van der Waals surface area contributed by atoms with E-state index in [9.17, 15) is 9.59 Å². The molecule has 6 aromatic rings. The van der Waals surface area contributed by atoms with Crippen molar-refractivity contribution in [2.24, 2.45) is 0 Å². The molecule has 0 unspecified atom stereocenters. The van der Waals surface area contributed by atoms with Crippen molar-refractivity contribution in [1.82, 2.24) is 10.6 Å². The number of rotatable bonds is 13. The van der Waals surface area contributed by atoms with Crippen LogP contribution in [0, 0.1) is 0 Å². The van der Waals surface area contributed by atoms with Gasteiger partial charge in [0.2, 0.25) is 0 Å². The van der Waals surface area contributed by atoms with Crippen LogP contribution < -0.4 is 10.6 Å². The summed E-state index contributed by atoms with van der Waals surface area (Å²) in [5.41, 5.74) is 1.37. The number of carbonyl (C=O) groups excluding carboxylic acids is 2. The van der Waals surface area contributed by atoms with Crippen LogP contribution in [0.4, 0.5) is 0 Å². The molecule has 6 heteroatoms. The highest BCUT2D eigenvalue weighted by Crippen LogP contribution is 2.27. The SMILES string of the molecule is O=C(NCCCOCCOCCCNC(=O)c1cccc2cc3ccccc3cc12)c1cccc2cc3ccccc3cc12. The first kappa shape index (κ1) is 29.3. The minimum Gasteiger partial charge on any atom is -0.379 e. The van der Waals surface area contributed by atoms with Crippen LogP contribution in [-0.4, -0.2) is 51.3 Å². The molecule has 0 saturated heterocycles. The van der Waals surface area contributed by atoms with Gasteiger partial charge in [-0.3, -0.25) is 9.59 Å². The molecule has 6 aromatic carbocycles. The van der Waals surface area contributed by atoms with Gasteiger partial charge in [0.15, 0.2) is 0 Å². The number of nitrogens with one attached hydrogen (secondary N) is 2. The van der Waals surface area contributed by atoms with Gasteiger partial charge >= 0.3 is 0 Å². The Balaban J connectivity index is 0.850. The van der Waals surface area contributed by atoms with E-state index >= 15 is 0 Å². The normalized spacial score (nSPS) is 11.4. The molecule has 0 radical (unpaired) electrons. The van der Waals surface area contributed by atoms with Gasteiger partial charge in [0.05, 0.1) is 13.2 Å². The van der Waals surface area contributed by atoms with Crippen LogP contribution in [0.5, 0.6) is 0 Å². The van der Waals surface area contributed by atoms with Crippen molar-refractivity contribution >= 4 is 54.9 Å². The molecule has 2 N–H and O–H groups in total. The second-order valence-corrected chi connectivity index (χ2v) is 10.9. The Hall–Kier alpha value is -4.78. The summed E-state index contributed by atoms with van der Waals surface area (Å²) in [7, 11) is 0. The average molecular weight is 585 g/mol. The second kappa shape index (κ2) is 14.1. The molecule has 0 aromatic heterocycles. The zero-order valence-electron chi connectivity index (χ0n) is 24.7. The lowest BCUT2D eigenvalue weighted by atomic mass is 9.99.